The molecule has 0 saturated heterocycles. The highest BCUT2D eigenvalue weighted by molar-refractivity contribution is 7.89. The first-order chi connectivity index (χ1) is 8.29. The summed E-state index contributed by atoms with van der Waals surface area (Å²) in [6.07, 6.45) is 0.517. The van der Waals surface area contributed by atoms with Gasteiger partial charge in [0.05, 0.1) is 0 Å². The number of hydrogen-bond donors (Lipinski definition) is 2. The van der Waals surface area contributed by atoms with E-state index >= 15 is 0 Å². The van der Waals surface area contributed by atoms with Crippen LogP contribution in [0.4, 0.5) is 13.2 Å². The Labute approximate surface area is 103 Å². The molecule has 1 aromatic rings. The first-order valence-corrected chi connectivity index (χ1v) is 6.66. The summed E-state index contributed by atoms with van der Waals surface area (Å²) >= 11 is 0. The topological polar surface area (TPSA) is 72.2 Å². The van der Waals surface area contributed by atoms with Gasteiger partial charge >= 0.3 is 0 Å². The number of nitrogens with one attached hydrogen (secondary N) is 1. The Bertz CT molecular complexity index is 534. The molecule has 4 nitrogen and oxygen atoms in total. The van der Waals surface area contributed by atoms with Crippen LogP contribution in [0.1, 0.15) is 13.3 Å². The zero-order valence-corrected chi connectivity index (χ0v) is 10.4. The molecular formula is C10H13F3N2O2S. The lowest BCUT2D eigenvalue weighted by Gasteiger charge is -2.11. The Morgan fingerprint density at radius 3 is 2.44 bits per heavy atom. The summed E-state index contributed by atoms with van der Waals surface area (Å²) in [7, 11) is -4.25. The maximum atomic E-state index is 13.3. The maximum absolute atomic E-state index is 13.3. The van der Waals surface area contributed by atoms with Gasteiger partial charge in [0, 0.05) is 12.6 Å². The summed E-state index contributed by atoms with van der Waals surface area (Å²) in [6, 6.07) is 0.772. The molecule has 3 N–H and O–H groups in total. The zero-order valence-electron chi connectivity index (χ0n) is 9.58. The Morgan fingerprint density at radius 2 is 1.89 bits per heavy atom. The number of benzene rings is 1. The van der Waals surface area contributed by atoms with E-state index in [4.69, 9.17) is 5.73 Å². The third-order valence-electron chi connectivity index (χ3n) is 2.35. The van der Waals surface area contributed by atoms with Crippen molar-refractivity contribution in [2.45, 2.75) is 24.3 Å². The van der Waals surface area contributed by atoms with Crippen molar-refractivity contribution in [3.63, 3.8) is 0 Å². The van der Waals surface area contributed by atoms with Crippen LogP contribution in [0.2, 0.25) is 0 Å². The normalized spacial score (nSPS) is 13.6. The van der Waals surface area contributed by atoms with Crippen molar-refractivity contribution < 1.29 is 21.6 Å². The minimum atomic E-state index is -4.25. The smallest absolute Gasteiger partial charge is 0.243 e. The third kappa shape index (κ3) is 3.21. The maximum Gasteiger partial charge on any atom is 0.243 e. The average Bonchev–Trinajstić information content (AvgIpc) is 2.32. The van der Waals surface area contributed by atoms with E-state index in [0.29, 0.717) is 18.6 Å². The van der Waals surface area contributed by atoms with Crippen molar-refractivity contribution in [1.29, 1.82) is 0 Å². The molecular weight excluding hydrogens is 269 g/mol. The fourth-order valence-corrected chi connectivity index (χ4v) is 2.32. The van der Waals surface area contributed by atoms with Crippen LogP contribution in [0.5, 0.6) is 0 Å². The Balaban J connectivity index is 3.03. The van der Waals surface area contributed by atoms with Gasteiger partial charge in [-0.3, -0.25) is 0 Å². The number of hydrogen-bond acceptors (Lipinski definition) is 3. The molecule has 0 fully saturated rings. The third-order valence-corrected chi connectivity index (χ3v) is 3.79. The minimum Gasteiger partial charge on any atom is -0.327 e. The van der Waals surface area contributed by atoms with E-state index in [0.717, 1.165) is 0 Å². The molecule has 1 unspecified atom stereocenters. The van der Waals surface area contributed by atoms with Crippen LogP contribution in [0.3, 0.4) is 0 Å². The Kier molecular flexibility index (Phi) is 4.71. The van der Waals surface area contributed by atoms with Crippen LogP contribution in [-0.4, -0.2) is 21.0 Å². The SMILES string of the molecule is CCC(N)CNS(=O)(=O)c1ccc(F)c(F)c1F. The Morgan fingerprint density at radius 1 is 1.28 bits per heavy atom. The second-order valence-electron chi connectivity index (χ2n) is 3.69. The van der Waals surface area contributed by atoms with Crippen LogP contribution >= 0.6 is 0 Å². The van der Waals surface area contributed by atoms with E-state index in [1.807, 2.05) is 4.72 Å². The quantitative estimate of drug-likeness (QED) is 0.795. The van der Waals surface area contributed by atoms with Crippen molar-refractivity contribution in [2.75, 3.05) is 6.54 Å². The average molecular weight is 282 g/mol. The molecule has 1 atom stereocenters. The molecule has 0 heterocycles. The summed E-state index contributed by atoms with van der Waals surface area (Å²) in [5, 5.41) is 0. The second kappa shape index (κ2) is 5.68. The molecule has 0 aliphatic carbocycles. The monoisotopic (exact) mass is 282 g/mol. The minimum absolute atomic E-state index is 0.114. The highest BCUT2D eigenvalue weighted by Crippen LogP contribution is 2.19. The second-order valence-corrected chi connectivity index (χ2v) is 5.43. The van der Waals surface area contributed by atoms with Gasteiger partial charge in [-0.2, -0.15) is 0 Å². The van der Waals surface area contributed by atoms with Gasteiger partial charge in [-0.1, -0.05) is 6.92 Å². The van der Waals surface area contributed by atoms with Gasteiger partial charge in [-0.25, -0.2) is 26.3 Å². The van der Waals surface area contributed by atoms with Crippen LogP contribution < -0.4 is 10.5 Å². The van der Waals surface area contributed by atoms with Crippen molar-refractivity contribution in [1.82, 2.24) is 4.72 Å². The van der Waals surface area contributed by atoms with Gasteiger partial charge in [-0.15, -0.1) is 0 Å². The standard InChI is InChI=1S/C10H13F3N2O2S/c1-2-6(14)5-15-18(16,17)8-4-3-7(11)9(12)10(8)13/h3-4,6,15H,2,5,14H2,1H3. The fraction of sp³-hybridized carbons (Fsp3) is 0.400. The number of halogens is 3. The number of rotatable bonds is 5. The molecule has 0 radical (unpaired) electrons. The molecule has 1 rings (SSSR count). The Hall–Kier alpha value is -1.12. The van der Waals surface area contributed by atoms with Gasteiger partial charge in [0.25, 0.3) is 0 Å². The molecule has 1 aromatic carbocycles. The molecule has 0 aromatic heterocycles. The van der Waals surface area contributed by atoms with E-state index in [1.54, 1.807) is 6.92 Å². The predicted molar refractivity (Wildman–Crippen MR) is 59.8 cm³/mol. The first kappa shape index (κ1) is 14.9. The predicted octanol–water partition coefficient (Wildman–Crippen LogP) is 1.12. The lowest BCUT2D eigenvalue weighted by atomic mass is 10.2. The molecule has 0 spiro atoms. The van der Waals surface area contributed by atoms with E-state index in [-0.39, 0.29) is 6.54 Å². The molecule has 102 valence electrons. The van der Waals surface area contributed by atoms with Gasteiger partial charge in [-0.05, 0) is 18.6 Å². The molecule has 0 saturated carbocycles. The molecule has 0 amide bonds. The van der Waals surface area contributed by atoms with Crippen molar-refractivity contribution in [3.05, 3.63) is 29.6 Å². The first-order valence-electron chi connectivity index (χ1n) is 5.18. The van der Waals surface area contributed by atoms with Crippen molar-refractivity contribution >= 4 is 10.0 Å². The molecule has 0 bridgehead atoms. The van der Waals surface area contributed by atoms with Crippen LogP contribution in [-0.2, 0) is 10.0 Å². The van der Waals surface area contributed by atoms with E-state index in [9.17, 15) is 21.6 Å². The van der Waals surface area contributed by atoms with Crippen molar-refractivity contribution in [3.8, 4) is 0 Å². The molecule has 8 heteroatoms. The summed E-state index contributed by atoms with van der Waals surface area (Å²) in [6.45, 7) is 1.63. The van der Waals surface area contributed by atoms with Gasteiger partial charge in [0.15, 0.2) is 17.5 Å². The van der Waals surface area contributed by atoms with E-state index < -0.39 is 38.4 Å². The summed E-state index contributed by atoms with van der Waals surface area (Å²) < 4.78 is 64.2. The highest BCUT2D eigenvalue weighted by Gasteiger charge is 2.24. The number of sulfonamides is 1. The lowest BCUT2D eigenvalue weighted by Crippen LogP contribution is -2.37. The zero-order chi connectivity index (χ0) is 13.9. The van der Waals surface area contributed by atoms with Crippen LogP contribution in [0.25, 0.3) is 0 Å². The summed E-state index contributed by atoms with van der Waals surface area (Å²) in [5.74, 6) is -5.01. The van der Waals surface area contributed by atoms with Crippen LogP contribution in [0, 0.1) is 17.5 Å². The molecule has 0 aliphatic heterocycles. The summed E-state index contributed by atoms with van der Waals surface area (Å²) in [5.41, 5.74) is 5.50. The van der Waals surface area contributed by atoms with E-state index in [1.165, 1.54) is 0 Å². The van der Waals surface area contributed by atoms with Crippen LogP contribution in [0.15, 0.2) is 17.0 Å². The largest absolute Gasteiger partial charge is 0.327 e. The highest BCUT2D eigenvalue weighted by atomic mass is 32.2. The molecule has 0 aliphatic rings. The summed E-state index contributed by atoms with van der Waals surface area (Å²) in [4.78, 5) is -0.940. The van der Waals surface area contributed by atoms with Crippen molar-refractivity contribution in [2.24, 2.45) is 5.73 Å². The van der Waals surface area contributed by atoms with Gasteiger partial charge in [0.2, 0.25) is 10.0 Å². The van der Waals surface area contributed by atoms with E-state index in [2.05, 4.69) is 0 Å². The van der Waals surface area contributed by atoms with Gasteiger partial charge in [0.1, 0.15) is 4.90 Å². The number of nitrogens with two attached hydrogens (primary N) is 1. The lowest BCUT2D eigenvalue weighted by molar-refractivity contribution is 0.431. The molecule has 18 heavy (non-hydrogen) atoms. The van der Waals surface area contributed by atoms with Gasteiger partial charge < -0.3 is 5.73 Å². The fourth-order valence-electron chi connectivity index (χ4n) is 1.15.